The number of hydrogen-bond donors (Lipinski definition) is 2. The minimum Gasteiger partial charge on any atom is -0.313 e. The Labute approximate surface area is 115 Å². The van der Waals surface area contributed by atoms with Crippen molar-refractivity contribution in [2.24, 2.45) is 0 Å². The number of aromatic nitrogens is 3. The maximum absolute atomic E-state index is 4.11. The molecule has 98 valence electrons. The van der Waals surface area contributed by atoms with Crippen LogP contribution in [0.25, 0.3) is 10.1 Å². The number of H-pyrrole nitrogens is 1. The van der Waals surface area contributed by atoms with E-state index in [0.717, 1.165) is 31.8 Å². The van der Waals surface area contributed by atoms with E-state index in [1.54, 1.807) is 6.33 Å². The molecular weight excluding hydrogens is 256 g/mol. The summed E-state index contributed by atoms with van der Waals surface area (Å²) in [6.07, 6.45) is 3.56. The maximum Gasteiger partial charge on any atom is 0.137 e. The van der Waals surface area contributed by atoms with Crippen LogP contribution in [-0.2, 0) is 13.0 Å². The van der Waals surface area contributed by atoms with Crippen molar-refractivity contribution >= 4 is 21.4 Å². The van der Waals surface area contributed by atoms with Gasteiger partial charge < -0.3 is 5.32 Å². The molecule has 0 amide bonds. The normalized spacial score (nSPS) is 11.2. The number of nitrogens with zero attached hydrogens (tertiary/aromatic N) is 2. The van der Waals surface area contributed by atoms with E-state index in [-0.39, 0.29) is 0 Å². The number of aryl methyl sites for hydroxylation is 1. The molecule has 1 aromatic carbocycles. The molecule has 5 heteroatoms. The third-order valence-corrected chi connectivity index (χ3v) is 4.12. The van der Waals surface area contributed by atoms with Gasteiger partial charge in [-0.25, -0.2) is 4.98 Å². The zero-order valence-electron chi connectivity index (χ0n) is 10.6. The average Bonchev–Trinajstić information content (AvgIpc) is 3.08. The van der Waals surface area contributed by atoms with Crippen LogP contribution in [-0.4, -0.2) is 21.7 Å². The number of hydrogen-bond acceptors (Lipinski definition) is 4. The Hall–Kier alpha value is -1.72. The molecule has 0 spiro atoms. The van der Waals surface area contributed by atoms with E-state index in [1.807, 2.05) is 11.3 Å². The van der Waals surface area contributed by atoms with Gasteiger partial charge in [0.2, 0.25) is 0 Å². The Morgan fingerprint density at radius 3 is 3.11 bits per heavy atom. The summed E-state index contributed by atoms with van der Waals surface area (Å²) >= 11 is 1.81. The van der Waals surface area contributed by atoms with Gasteiger partial charge in [0.05, 0.1) is 0 Å². The van der Waals surface area contributed by atoms with E-state index in [2.05, 4.69) is 50.1 Å². The summed E-state index contributed by atoms with van der Waals surface area (Å²) in [6, 6.07) is 8.56. The van der Waals surface area contributed by atoms with E-state index in [4.69, 9.17) is 0 Å². The second-order valence-electron chi connectivity index (χ2n) is 4.47. The van der Waals surface area contributed by atoms with Crippen LogP contribution in [0.15, 0.2) is 36.0 Å². The molecule has 0 fully saturated rings. The summed E-state index contributed by atoms with van der Waals surface area (Å²) in [4.78, 5) is 4.11. The fraction of sp³-hybridized carbons (Fsp3) is 0.286. The molecule has 2 heterocycles. The molecule has 3 aromatic rings. The van der Waals surface area contributed by atoms with Crippen molar-refractivity contribution in [2.75, 3.05) is 6.54 Å². The summed E-state index contributed by atoms with van der Waals surface area (Å²) in [5, 5.41) is 13.8. The minimum atomic E-state index is 0.931. The third kappa shape index (κ3) is 3.00. The molecule has 2 aromatic heterocycles. The van der Waals surface area contributed by atoms with Crippen molar-refractivity contribution < 1.29 is 0 Å². The van der Waals surface area contributed by atoms with E-state index >= 15 is 0 Å². The minimum absolute atomic E-state index is 0.931. The van der Waals surface area contributed by atoms with Gasteiger partial charge in [0, 0.05) is 17.7 Å². The highest BCUT2D eigenvalue weighted by Gasteiger charge is 2.02. The van der Waals surface area contributed by atoms with Gasteiger partial charge in [0.15, 0.2) is 0 Å². The van der Waals surface area contributed by atoms with Gasteiger partial charge in [-0.2, -0.15) is 5.10 Å². The fourth-order valence-corrected chi connectivity index (χ4v) is 3.09. The highest BCUT2D eigenvalue weighted by Crippen LogP contribution is 2.25. The summed E-state index contributed by atoms with van der Waals surface area (Å²) in [5.74, 6) is 0.961. The molecule has 0 aliphatic carbocycles. The molecule has 0 saturated carbocycles. The number of rotatable bonds is 6. The van der Waals surface area contributed by atoms with E-state index in [1.165, 1.54) is 15.6 Å². The monoisotopic (exact) mass is 272 g/mol. The second-order valence-corrected chi connectivity index (χ2v) is 5.38. The number of nitrogens with one attached hydrogen (secondary N) is 2. The number of benzene rings is 1. The highest BCUT2D eigenvalue weighted by atomic mass is 32.1. The van der Waals surface area contributed by atoms with Gasteiger partial charge in [0.1, 0.15) is 12.2 Å². The SMILES string of the molecule is c1ccc2c(CNCCCc3ncn[nH]3)csc2c1. The third-order valence-electron chi connectivity index (χ3n) is 3.11. The molecule has 0 aliphatic heterocycles. The van der Waals surface area contributed by atoms with Crippen LogP contribution >= 0.6 is 11.3 Å². The van der Waals surface area contributed by atoms with Gasteiger partial charge in [0.25, 0.3) is 0 Å². The van der Waals surface area contributed by atoms with Gasteiger partial charge in [-0.3, -0.25) is 5.10 Å². The van der Waals surface area contributed by atoms with Crippen LogP contribution in [0.4, 0.5) is 0 Å². The van der Waals surface area contributed by atoms with Crippen molar-refractivity contribution in [3.05, 3.63) is 47.4 Å². The molecular formula is C14H16N4S. The van der Waals surface area contributed by atoms with E-state index < -0.39 is 0 Å². The van der Waals surface area contributed by atoms with Crippen LogP contribution in [0.2, 0.25) is 0 Å². The van der Waals surface area contributed by atoms with Crippen molar-refractivity contribution in [3.8, 4) is 0 Å². The Morgan fingerprint density at radius 2 is 2.21 bits per heavy atom. The summed E-state index contributed by atoms with van der Waals surface area (Å²) in [6.45, 7) is 1.92. The first-order valence-electron chi connectivity index (χ1n) is 6.43. The smallest absolute Gasteiger partial charge is 0.137 e. The first-order chi connectivity index (χ1) is 9.43. The van der Waals surface area contributed by atoms with E-state index in [0.29, 0.717) is 0 Å². The molecule has 0 atom stereocenters. The fourth-order valence-electron chi connectivity index (χ4n) is 2.12. The van der Waals surface area contributed by atoms with Crippen molar-refractivity contribution in [1.82, 2.24) is 20.5 Å². The first-order valence-corrected chi connectivity index (χ1v) is 7.31. The van der Waals surface area contributed by atoms with Crippen LogP contribution < -0.4 is 5.32 Å². The summed E-state index contributed by atoms with van der Waals surface area (Å²) < 4.78 is 1.36. The van der Waals surface area contributed by atoms with Gasteiger partial charge >= 0.3 is 0 Å². The predicted octanol–water partition coefficient (Wildman–Crippen LogP) is 2.74. The van der Waals surface area contributed by atoms with Gasteiger partial charge in [-0.05, 0) is 35.4 Å². The number of fused-ring (bicyclic) bond motifs is 1. The highest BCUT2D eigenvalue weighted by molar-refractivity contribution is 7.17. The van der Waals surface area contributed by atoms with Crippen molar-refractivity contribution in [1.29, 1.82) is 0 Å². The van der Waals surface area contributed by atoms with Crippen LogP contribution in [0, 0.1) is 0 Å². The molecule has 0 saturated heterocycles. The lowest BCUT2D eigenvalue weighted by Crippen LogP contribution is -2.15. The van der Waals surface area contributed by atoms with Crippen LogP contribution in [0.3, 0.4) is 0 Å². The maximum atomic E-state index is 4.11. The average molecular weight is 272 g/mol. The zero-order valence-corrected chi connectivity index (χ0v) is 11.4. The molecule has 0 radical (unpaired) electrons. The Bertz CT molecular complexity index is 630. The molecule has 0 bridgehead atoms. The summed E-state index contributed by atoms with van der Waals surface area (Å²) in [5.41, 5.74) is 1.39. The Balaban J connectivity index is 1.47. The molecule has 2 N–H and O–H groups in total. The topological polar surface area (TPSA) is 53.6 Å². The predicted molar refractivity (Wildman–Crippen MR) is 78.2 cm³/mol. The molecule has 0 unspecified atom stereocenters. The number of thiophene rings is 1. The lowest BCUT2D eigenvalue weighted by Gasteiger charge is -2.03. The van der Waals surface area contributed by atoms with E-state index in [9.17, 15) is 0 Å². The lowest BCUT2D eigenvalue weighted by atomic mass is 10.2. The van der Waals surface area contributed by atoms with Gasteiger partial charge in [-0.1, -0.05) is 18.2 Å². The second kappa shape index (κ2) is 5.95. The molecule has 3 rings (SSSR count). The Kier molecular flexibility index (Phi) is 3.86. The standard InChI is InChI=1S/C14H16N4S/c1-2-5-13-12(4-1)11(9-19-13)8-15-7-3-6-14-16-10-17-18-14/h1-2,4-5,9-10,15H,3,6-8H2,(H,16,17,18). The van der Waals surface area contributed by atoms with Crippen LogP contribution in [0.1, 0.15) is 17.8 Å². The molecule has 4 nitrogen and oxygen atoms in total. The molecule has 0 aliphatic rings. The lowest BCUT2D eigenvalue weighted by molar-refractivity contribution is 0.642. The first kappa shape index (κ1) is 12.3. The number of aromatic amines is 1. The summed E-state index contributed by atoms with van der Waals surface area (Å²) in [7, 11) is 0. The Morgan fingerprint density at radius 1 is 1.26 bits per heavy atom. The van der Waals surface area contributed by atoms with Gasteiger partial charge in [-0.15, -0.1) is 11.3 Å². The van der Waals surface area contributed by atoms with Crippen molar-refractivity contribution in [2.45, 2.75) is 19.4 Å². The van der Waals surface area contributed by atoms with Crippen molar-refractivity contribution in [3.63, 3.8) is 0 Å². The quantitative estimate of drug-likeness (QED) is 0.678. The molecule has 19 heavy (non-hydrogen) atoms. The largest absolute Gasteiger partial charge is 0.313 e. The van der Waals surface area contributed by atoms with Crippen LogP contribution in [0.5, 0.6) is 0 Å². The zero-order chi connectivity index (χ0) is 12.9.